The van der Waals surface area contributed by atoms with Gasteiger partial charge in [-0.25, -0.2) is 23.1 Å². The Morgan fingerprint density at radius 1 is 1.11 bits per heavy atom. The number of hydrogen-bond acceptors (Lipinski definition) is 8. The molecule has 0 atom stereocenters. The largest absolute Gasteiger partial charge is 0.384 e. The highest BCUT2D eigenvalue weighted by atomic mass is 19.1. The molecule has 2 fully saturated rings. The molecule has 1 N–H and O–H groups in total. The van der Waals surface area contributed by atoms with Gasteiger partial charge in [-0.2, -0.15) is 4.98 Å². The molecule has 3 aliphatic heterocycles. The molecule has 0 unspecified atom stereocenters. The van der Waals surface area contributed by atoms with E-state index < -0.39 is 17.3 Å². The van der Waals surface area contributed by atoms with E-state index >= 15 is 8.78 Å². The van der Waals surface area contributed by atoms with Crippen LogP contribution in [-0.2, 0) is 4.79 Å². The third-order valence-electron chi connectivity index (χ3n) is 9.04. The number of amides is 1. The third-order valence-corrected chi connectivity index (χ3v) is 9.04. The molecule has 232 valence electrons. The predicted molar refractivity (Wildman–Crippen MR) is 170 cm³/mol. The molecule has 2 bridgehead atoms. The van der Waals surface area contributed by atoms with E-state index in [1.54, 1.807) is 23.2 Å². The first-order chi connectivity index (χ1) is 21.6. The molecule has 1 spiro atoms. The van der Waals surface area contributed by atoms with Crippen molar-refractivity contribution in [2.24, 2.45) is 5.41 Å². The first-order valence-electron chi connectivity index (χ1n) is 15.1. The zero-order valence-corrected chi connectivity index (χ0v) is 25.5. The maximum Gasteiger partial charge on any atom is 0.355 e. The first-order valence-corrected chi connectivity index (χ1v) is 15.1. The van der Waals surface area contributed by atoms with E-state index in [-0.39, 0.29) is 34.1 Å². The Kier molecular flexibility index (Phi) is 6.83. The summed E-state index contributed by atoms with van der Waals surface area (Å²) in [6.07, 6.45) is 3.71. The van der Waals surface area contributed by atoms with Gasteiger partial charge in [-0.15, -0.1) is 0 Å². The van der Waals surface area contributed by atoms with Crippen LogP contribution in [0.2, 0.25) is 0 Å². The maximum atomic E-state index is 16.2. The second-order valence-corrected chi connectivity index (χ2v) is 12.6. The number of benzene rings is 1. The molecule has 10 nitrogen and oxygen atoms in total. The number of rotatable bonds is 3. The molecule has 0 saturated carbocycles. The van der Waals surface area contributed by atoms with E-state index in [9.17, 15) is 9.59 Å². The second kappa shape index (κ2) is 10.6. The number of likely N-dealkylation sites (tertiary alicyclic amines) is 1. The highest BCUT2D eigenvalue weighted by Crippen LogP contribution is 2.44. The fourth-order valence-corrected chi connectivity index (χ4v) is 6.88. The zero-order chi connectivity index (χ0) is 31.6. The average Bonchev–Trinajstić information content (AvgIpc) is 2.98. The maximum absolute atomic E-state index is 16.2. The summed E-state index contributed by atoms with van der Waals surface area (Å²) >= 11 is 0. The van der Waals surface area contributed by atoms with Gasteiger partial charge in [0.25, 0.3) is 0 Å². The summed E-state index contributed by atoms with van der Waals surface area (Å²) in [5.74, 6) is -1.23. The summed E-state index contributed by atoms with van der Waals surface area (Å²) in [6.45, 7) is 10.9. The van der Waals surface area contributed by atoms with Crippen molar-refractivity contribution >= 4 is 34.1 Å². The van der Waals surface area contributed by atoms with Crippen molar-refractivity contribution in [3.63, 3.8) is 0 Å². The Labute approximate surface area is 259 Å². The molecule has 0 radical (unpaired) electrons. The first kappa shape index (κ1) is 28.9. The lowest BCUT2D eigenvalue weighted by molar-refractivity contribution is -0.139. The number of carbonyl (C=O) groups excluding carboxylic acids is 1. The number of nitrogens with one attached hydrogen (secondary N) is 1. The number of carbonyl (C=O) groups is 1. The molecule has 6 heterocycles. The molecule has 45 heavy (non-hydrogen) atoms. The Hall–Kier alpha value is -4.87. The Balaban J connectivity index is 1.48. The van der Waals surface area contributed by atoms with Crippen LogP contribution in [0.15, 0.2) is 54.0 Å². The van der Waals surface area contributed by atoms with Gasteiger partial charge in [0.2, 0.25) is 5.91 Å². The topological polar surface area (TPSA) is 99.5 Å². The summed E-state index contributed by atoms with van der Waals surface area (Å²) < 4.78 is 33.1. The van der Waals surface area contributed by atoms with E-state index in [2.05, 4.69) is 26.8 Å². The predicted octanol–water partition coefficient (Wildman–Crippen LogP) is 4.33. The van der Waals surface area contributed by atoms with Crippen molar-refractivity contribution < 1.29 is 13.6 Å². The molecule has 12 heteroatoms. The van der Waals surface area contributed by atoms with Crippen molar-refractivity contribution in [3.8, 4) is 16.9 Å². The molecule has 4 aromatic rings. The van der Waals surface area contributed by atoms with Crippen LogP contribution in [0.5, 0.6) is 0 Å². The fourth-order valence-electron chi connectivity index (χ4n) is 6.88. The lowest BCUT2D eigenvalue weighted by atomic mass is 9.72. The van der Waals surface area contributed by atoms with Gasteiger partial charge >= 0.3 is 5.69 Å². The van der Waals surface area contributed by atoms with Gasteiger partial charge in [-0.3, -0.25) is 9.78 Å². The van der Waals surface area contributed by atoms with Gasteiger partial charge in [0.1, 0.15) is 17.3 Å². The van der Waals surface area contributed by atoms with Crippen LogP contribution in [0.3, 0.4) is 0 Å². The SMILES string of the molecule is C=CC(=O)N1CC2(C1)CN(c1nc(=O)n3c4nc(c(F)cc14)-c1c(F)cccc1NCCCN(C)c1ccnc(C(C)C)c1-3)C2. The number of anilines is 3. The number of aromatic nitrogens is 4. The number of halogens is 2. The smallest absolute Gasteiger partial charge is 0.355 e. The van der Waals surface area contributed by atoms with Crippen LogP contribution in [0.25, 0.3) is 28.0 Å². The van der Waals surface area contributed by atoms with E-state index in [0.29, 0.717) is 74.0 Å². The van der Waals surface area contributed by atoms with Crippen LogP contribution in [0.1, 0.15) is 31.9 Å². The molecule has 7 rings (SSSR count). The van der Waals surface area contributed by atoms with Crippen LogP contribution in [-0.4, -0.2) is 76.6 Å². The van der Waals surface area contributed by atoms with Crippen LogP contribution < -0.4 is 20.8 Å². The van der Waals surface area contributed by atoms with Gasteiger partial charge in [0.05, 0.1) is 28.0 Å². The molecule has 2 saturated heterocycles. The highest BCUT2D eigenvalue weighted by Gasteiger charge is 2.53. The summed E-state index contributed by atoms with van der Waals surface area (Å²) in [7, 11) is 1.95. The van der Waals surface area contributed by atoms with Gasteiger partial charge in [0.15, 0.2) is 11.5 Å². The van der Waals surface area contributed by atoms with E-state index in [4.69, 9.17) is 4.98 Å². The Morgan fingerprint density at radius 3 is 2.62 bits per heavy atom. The summed E-state index contributed by atoms with van der Waals surface area (Å²) in [6, 6.07) is 7.71. The lowest BCUT2D eigenvalue weighted by Gasteiger charge is -2.60. The monoisotopic (exact) mass is 612 g/mol. The van der Waals surface area contributed by atoms with E-state index in [1.165, 1.54) is 22.8 Å². The minimum Gasteiger partial charge on any atom is -0.384 e. The quantitative estimate of drug-likeness (QED) is 0.342. The fraction of sp³-hybridized carbons (Fsp3) is 0.364. The number of pyridine rings is 2. The second-order valence-electron chi connectivity index (χ2n) is 12.6. The summed E-state index contributed by atoms with van der Waals surface area (Å²) in [5, 5.41) is 3.60. The third kappa shape index (κ3) is 4.61. The minimum absolute atomic E-state index is 0.00158. The molecular formula is C33H34F2N8O2. The Morgan fingerprint density at radius 2 is 1.89 bits per heavy atom. The standard InChI is InChI=1S/C33H34F2N8O2/c1-5-25(44)41-15-33(16-41)17-42(18-33)30-20-14-22(35)28-26-21(34)8-6-9-23(26)36-11-7-13-40(4)24-10-12-37-27(19(2)3)29(24)43(31(20)38-28)32(45)39-30/h5-6,8-10,12,14,19,36H,1,7,11,13,15-18H2,2-4H3. The highest BCUT2D eigenvalue weighted by molar-refractivity contribution is 5.93. The summed E-state index contributed by atoms with van der Waals surface area (Å²) in [5.41, 5.74) is 1.61. The molecule has 1 aromatic carbocycles. The summed E-state index contributed by atoms with van der Waals surface area (Å²) in [4.78, 5) is 45.9. The van der Waals surface area contributed by atoms with Crippen molar-refractivity contribution in [1.82, 2.24) is 24.4 Å². The average molecular weight is 613 g/mol. The van der Waals surface area contributed by atoms with Crippen LogP contribution in [0.4, 0.5) is 26.0 Å². The number of fused-ring (bicyclic) bond motifs is 5. The van der Waals surface area contributed by atoms with Gasteiger partial charge in [0, 0.05) is 63.6 Å². The van der Waals surface area contributed by atoms with Crippen molar-refractivity contribution in [2.75, 3.05) is 61.4 Å². The molecule has 1 amide bonds. The normalized spacial score (nSPS) is 17.1. The van der Waals surface area contributed by atoms with E-state index in [0.717, 1.165) is 5.69 Å². The van der Waals surface area contributed by atoms with E-state index in [1.807, 2.05) is 31.9 Å². The van der Waals surface area contributed by atoms with Crippen LogP contribution >= 0.6 is 0 Å². The molecule has 3 aliphatic rings. The van der Waals surface area contributed by atoms with Gasteiger partial charge in [-0.05, 0) is 42.7 Å². The van der Waals surface area contributed by atoms with Crippen molar-refractivity contribution in [2.45, 2.75) is 26.2 Å². The molecular weight excluding hydrogens is 578 g/mol. The minimum atomic E-state index is -0.729. The van der Waals surface area contributed by atoms with Gasteiger partial charge < -0.3 is 20.0 Å². The number of nitrogens with zero attached hydrogens (tertiary/aromatic N) is 7. The zero-order valence-electron chi connectivity index (χ0n) is 25.5. The number of hydrogen-bond donors (Lipinski definition) is 1. The molecule has 0 aliphatic carbocycles. The molecule has 3 aromatic heterocycles. The Bertz CT molecular complexity index is 1930. The van der Waals surface area contributed by atoms with Gasteiger partial charge in [-0.1, -0.05) is 26.5 Å². The van der Waals surface area contributed by atoms with Crippen molar-refractivity contribution in [3.05, 3.63) is 77.0 Å². The lowest BCUT2D eigenvalue weighted by Crippen LogP contribution is -2.73. The van der Waals surface area contributed by atoms with Crippen LogP contribution in [0, 0.1) is 17.0 Å². The van der Waals surface area contributed by atoms with Crippen molar-refractivity contribution in [1.29, 1.82) is 0 Å².